The minimum Gasteiger partial charge on any atom is -0.481 e. The zero-order chi connectivity index (χ0) is 13.4. The lowest BCUT2D eigenvalue weighted by Crippen LogP contribution is -2.12. The average molecular weight is 312 g/mol. The largest absolute Gasteiger partial charge is 0.481 e. The number of carboxylic acids is 1. The van der Waals surface area contributed by atoms with E-state index in [1.54, 1.807) is 22.7 Å². The van der Waals surface area contributed by atoms with Gasteiger partial charge in [0, 0.05) is 9.40 Å². The van der Waals surface area contributed by atoms with E-state index in [9.17, 15) is 4.79 Å². The van der Waals surface area contributed by atoms with Crippen molar-refractivity contribution in [3.05, 3.63) is 17.5 Å². The first-order chi connectivity index (χ1) is 9.15. The van der Waals surface area contributed by atoms with Gasteiger partial charge in [0.1, 0.15) is 0 Å². The van der Waals surface area contributed by atoms with Crippen molar-refractivity contribution in [3.8, 4) is 10.7 Å². The summed E-state index contributed by atoms with van der Waals surface area (Å²) < 4.78 is 3.70. The van der Waals surface area contributed by atoms with Crippen LogP contribution in [0, 0.1) is 0 Å². The van der Waals surface area contributed by atoms with Crippen LogP contribution in [0.25, 0.3) is 20.1 Å². The molecular formula is C10H8N4O2S3. The molecule has 0 bridgehead atoms. The molecule has 0 saturated carbocycles. The van der Waals surface area contributed by atoms with Crippen LogP contribution in [0.15, 0.2) is 22.7 Å². The second-order valence-electron chi connectivity index (χ2n) is 3.62. The molecule has 0 unspecified atom stereocenters. The maximum absolute atomic E-state index is 10.5. The Morgan fingerprint density at radius 1 is 1.47 bits per heavy atom. The second-order valence-corrected chi connectivity index (χ2v) is 6.59. The molecule has 0 saturated heterocycles. The molecule has 0 aliphatic carbocycles. The standard InChI is InChI=1S/C10H8N4O2S3/c11-14-9(12-13-10(14)18-4-8(15)16)7-3-6-5(19-7)1-2-17-6/h1-3H,4,11H2,(H,15,16). The molecule has 0 spiro atoms. The molecule has 6 nitrogen and oxygen atoms in total. The van der Waals surface area contributed by atoms with Crippen molar-refractivity contribution in [1.82, 2.24) is 14.9 Å². The van der Waals surface area contributed by atoms with E-state index in [-0.39, 0.29) is 5.75 Å². The van der Waals surface area contributed by atoms with Gasteiger partial charge in [-0.05, 0) is 17.5 Å². The second kappa shape index (κ2) is 4.83. The topological polar surface area (TPSA) is 94.0 Å². The van der Waals surface area contributed by atoms with Gasteiger partial charge in [0.2, 0.25) is 5.16 Å². The van der Waals surface area contributed by atoms with E-state index in [2.05, 4.69) is 10.2 Å². The van der Waals surface area contributed by atoms with Gasteiger partial charge in [-0.15, -0.1) is 32.9 Å². The minimum absolute atomic E-state index is 0.0884. The van der Waals surface area contributed by atoms with E-state index in [1.807, 2.05) is 17.5 Å². The molecule has 98 valence electrons. The Kier molecular flexibility index (Phi) is 3.17. The van der Waals surface area contributed by atoms with Crippen LogP contribution in [0.5, 0.6) is 0 Å². The van der Waals surface area contributed by atoms with Gasteiger partial charge in [-0.3, -0.25) is 4.79 Å². The Balaban J connectivity index is 1.93. The molecule has 0 aliphatic rings. The molecule has 3 aromatic heterocycles. The van der Waals surface area contributed by atoms with E-state index < -0.39 is 5.97 Å². The average Bonchev–Trinajstić information content (AvgIpc) is 2.99. The summed E-state index contributed by atoms with van der Waals surface area (Å²) in [5.41, 5.74) is 0. The van der Waals surface area contributed by atoms with Gasteiger partial charge in [-0.25, -0.2) is 4.68 Å². The quantitative estimate of drug-likeness (QED) is 0.566. The number of hydrogen-bond acceptors (Lipinski definition) is 7. The Morgan fingerprint density at radius 2 is 2.32 bits per heavy atom. The number of thioether (sulfide) groups is 1. The fourth-order valence-electron chi connectivity index (χ4n) is 1.55. The Morgan fingerprint density at radius 3 is 3.05 bits per heavy atom. The van der Waals surface area contributed by atoms with Crippen molar-refractivity contribution >= 4 is 49.8 Å². The van der Waals surface area contributed by atoms with Crippen molar-refractivity contribution in [2.45, 2.75) is 5.16 Å². The van der Waals surface area contributed by atoms with Crippen molar-refractivity contribution in [2.24, 2.45) is 0 Å². The van der Waals surface area contributed by atoms with E-state index in [0.717, 1.165) is 16.6 Å². The summed E-state index contributed by atoms with van der Waals surface area (Å²) in [6, 6.07) is 4.06. The highest BCUT2D eigenvalue weighted by molar-refractivity contribution is 7.99. The Hall–Kier alpha value is -1.58. The first-order valence-corrected chi connectivity index (χ1v) is 7.86. The summed E-state index contributed by atoms with van der Waals surface area (Å²) in [6.07, 6.45) is 0. The van der Waals surface area contributed by atoms with Gasteiger partial charge in [0.15, 0.2) is 5.82 Å². The predicted molar refractivity (Wildman–Crippen MR) is 77.2 cm³/mol. The van der Waals surface area contributed by atoms with Crippen molar-refractivity contribution < 1.29 is 9.90 Å². The predicted octanol–water partition coefficient (Wildman–Crippen LogP) is 2.11. The number of nitrogens with two attached hydrogens (primary N) is 1. The number of thiophene rings is 2. The zero-order valence-electron chi connectivity index (χ0n) is 9.44. The number of aliphatic carboxylic acids is 1. The molecular weight excluding hydrogens is 304 g/mol. The van der Waals surface area contributed by atoms with Crippen molar-refractivity contribution in [3.63, 3.8) is 0 Å². The van der Waals surface area contributed by atoms with Crippen molar-refractivity contribution in [1.29, 1.82) is 0 Å². The number of carbonyl (C=O) groups is 1. The summed E-state index contributed by atoms with van der Waals surface area (Å²) in [7, 11) is 0. The van der Waals surface area contributed by atoms with Crippen LogP contribution in [0.2, 0.25) is 0 Å². The molecule has 19 heavy (non-hydrogen) atoms. The first kappa shape index (κ1) is 12.5. The molecule has 3 rings (SSSR count). The highest BCUT2D eigenvalue weighted by Crippen LogP contribution is 2.35. The minimum atomic E-state index is -0.911. The number of hydrogen-bond donors (Lipinski definition) is 2. The molecule has 0 atom stereocenters. The molecule has 3 N–H and O–H groups in total. The first-order valence-electron chi connectivity index (χ1n) is 5.17. The molecule has 9 heteroatoms. The normalized spacial score (nSPS) is 11.2. The van der Waals surface area contributed by atoms with Gasteiger partial charge in [0.05, 0.1) is 10.6 Å². The lowest BCUT2D eigenvalue weighted by Gasteiger charge is -2.00. The number of nitrogen functional groups attached to an aromatic ring is 1. The van der Waals surface area contributed by atoms with Crippen LogP contribution >= 0.6 is 34.4 Å². The SMILES string of the molecule is Nn1c(SCC(=O)O)nnc1-c1cc2sccc2s1. The van der Waals surface area contributed by atoms with Gasteiger partial charge < -0.3 is 10.9 Å². The molecule has 3 heterocycles. The maximum Gasteiger partial charge on any atom is 0.313 e. The maximum atomic E-state index is 10.5. The molecule has 0 amide bonds. The monoisotopic (exact) mass is 312 g/mol. The van der Waals surface area contributed by atoms with Crippen LogP contribution in [-0.2, 0) is 4.79 Å². The molecule has 0 fully saturated rings. The van der Waals surface area contributed by atoms with Gasteiger partial charge in [0.25, 0.3) is 0 Å². The van der Waals surface area contributed by atoms with E-state index in [4.69, 9.17) is 10.9 Å². The van der Waals surface area contributed by atoms with Crippen LogP contribution in [0.4, 0.5) is 0 Å². The third kappa shape index (κ3) is 2.31. The summed E-state index contributed by atoms with van der Waals surface area (Å²) in [6.45, 7) is 0. The number of carboxylic acid groups (broad SMARTS) is 1. The van der Waals surface area contributed by atoms with Crippen LogP contribution in [-0.4, -0.2) is 31.7 Å². The Bertz CT molecular complexity index is 716. The summed E-state index contributed by atoms with van der Waals surface area (Å²) in [5.74, 6) is 5.46. The van der Waals surface area contributed by atoms with Crippen LogP contribution in [0.3, 0.4) is 0 Å². The number of fused-ring (bicyclic) bond motifs is 1. The Labute approximate surface area is 119 Å². The fraction of sp³-hybridized carbons (Fsp3) is 0.100. The number of rotatable bonds is 4. The highest BCUT2D eigenvalue weighted by Gasteiger charge is 2.15. The van der Waals surface area contributed by atoms with Gasteiger partial charge in [-0.1, -0.05) is 11.8 Å². The zero-order valence-corrected chi connectivity index (χ0v) is 11.9. The molecule has 0 radical (unpaired) electrons. The number of nitrogens with zero attached hydrogens (tertiary/aromatic N) is 3. The molecule has 0 aromatic carbocycles. The van der Waals surface area contributed by atoms with Gasteiger partial charge >= 0.3 is 5.97 Å². The van der Waals surface area contributed by atoms with Crippen molar-refractivity contribution in [2.75, 3.05) is 11.6 Å². The lowest BCUT2D eigenvalue weighted by atomic mass is 10.4. The third-order valence-electron chi connectivity index (χ3n) is 2.35. The van der Waals surface area contributed by atoms with Gasteiger partial charge in [-0.2, -0.15) is 0 Å². The smallest absolute Gasteiger partial charge is 0.313 e. The third-order valence-corrected chi connectivity index (χ3v) is 5.37. The summed E-state index contributed by atoms with van der Waals surface area (Å²) >= 11 is 4.30. The lowest BCUT2D eigenvalue weighted by molar-refractivity contribution is -0.133. The fourth-order valence-corrected chi connectivity index (χ4v) is 4.21. The molecule has 3 aromatic rings. The summed E-state index contributed by atoms with van der Waals surface area (Å²) in [5, 5.41) is 19.0. The van der Waals surface area contributed by atoms with Crippen LogP contribution in [0.1, 0.15) is 0 Å². The number of aromatic nitrogens is 3. The van der Waals surface area contributed by atoms with E-state index in [0.29, 0.717) is 11.0 Å². The van der Waals surface area contributed by atoms with E-state index >= 15 is 0 Å². The van der Waals surface area contributed by atoms with E-state index in [1.165, 1.54) is 14.1 Å². The van der Waals surface area contributed by atoms with Crippen LogP contribution < -0.4 is 5.84 Å². The highest BCUT2D eigenvalue weighted by atomic mass is 32.2. The molecule has 0 aliphatic heterocycles. The summed E-state index contributed by atoms with van der Waals surface area (Å²) in [4.78, 5) is 11.5.